The summed E-state index contributed by atoms with van der Waals surface area (Å²) in [6.07, 6.45) is 0.106. The van der Waals surface area contributed by atoms with Crippen molar-refractivity contribution in [2.24, 2.45) is 0 Å². The van der Waals surface area contributed by atoms with Gasteiger partial charge in [0.15, 0.2) is 12.6 Å². The molecule has 0 saturated heterocycles. The van der Waals surface area contributed by atoms with Crippen LogP contribution in [0.15, 0.2) is 24.8 Å². The van der Waals surface area contributed by atoms with Crippen molar-refractivity contribution in [3.63, 3.8) is 0 Å². The van der Waals surface area contributed by atoms with Gasteiger partial charge in [0.2, 0.25) is 0 Å². The first-order valence-corrected chi connectivity index (χ1v) is 5.53. The smallest absolute Gasteiger partial charge is 0.335 e. The van der Waals surface area contributed by atoms with E-state index < -0.39 is 24.5 Å². The lowest BCUT2D eigenvalue weighted by atomic mass is 10.4. The number of carbonyl (C=O) groups is 2. The highest BCUT2D eigenvalue weighted by molar-refractivity contribution is 5.86. The van der Waals surface area contributed by atoms with Crippen LogP contribution in [0.4, 0.5) is 0 Å². The summed E-state index contributed by atoms with van der Waals surface area (Å²) in [5.41, 5.74) is 0.379. The van der Waals surface area contributed by atoms with Crippen LogP contribution in [-0.4, -0.2) is 38.7 Å². The standard InChI is InChI=1S/C7H12O3.C6H10O3/c1-5(2)7(8)10-6(3)9-4;1-4-6(7)9-5(2)8-3/h6H,1H2,2-4H3;4-5H,1H2,2-3H3. The van der Waals surface area contributed by atoms with Gasteiger partial charge in [-0.15, -0.1) is 0 Å². The molecule has 0 rings (SSSR count). The quantitative estimate of drug-likeness (QED) is 0.418. The number of ether oxygens (including phenoxy) is 4. The molecule has 0 bridgehead atoms. The van der Waals surface area contributed by atoms with Crippen LogP contribution >= 0.6 is 0 Å². The average Bonchev–Trinajstić information content (AvgIpc) is 2.38. The van der Waals surface area contributed by atoms with E-state index in [0.29, 0.717) is 5.57 Å². The topological polar surface area (TPSA) is 71.1 Å². The summed E-state index contributed by atoms with van der Waals surface area (Å²) in [7, 11) is 2.93. The molecule has 6 nitrogen and oxygen atoms in total. The number of hydrogen-bond acceptors (Lipinski definition) is 6. The Labute approximate surface area is 114 Å². The van der Waals surface area contributed by atoms with Gasteiger partial charge in [-0.25, -0.2) is 9.59 Å². The molecule has 19 heavy (non-hydrogen) atoms. The van der Waals surface area contributed by atoms with Crippen molar-refractivity contribution in [1.82, 2.24) is 0 Å². The molecule has 0 heterocycles. The number of methoxy groups -OCH3 is 2. The Hall–Kier alpha value is -1.66. The van der Waals surface area contributed by atoms with E-state index in [9.17, 15) is 9.59 Å². The van der Waals surface area contributed by atoms with Crippen LogP contribution in [0.3, 0.4) is 0 Å². The van der Waals surface area contributed by atoms with E-state index >= 15 is 0 Å². The lowest BCUT2D eigenvalue weighted by molar-refractivity contribution is -0.165. The summed E-state index contributed by atoms with van der Waals surface area (Å²) in [6.45, 7) is 11.5. The summed E-state index contributed by atoms with van der Waals surface area (Å²) in [5.74, 6) is -0.890. The van der Waals surface area contributed by atoms with Gasteiger partial charge in [-0.3, -0.25) is 0 Å². The summed E-state index contributed by atoms with van der Waals surface area (Å²) < 4.78 is 18.6. The van der Waals surface area contributed by atoms with Gasteiger partial charge in [0.05, 0.1) is 0 Å². The van der Waals surface area contributed by atoms with Crippen molar-refractivity contribution in [2.75, 3.05) is 14.2 Å². The van der Waals surface area contributed by atoms with Crippen LogP contribution in [0.1, 0.15) is 20.8 Å². The molecule has 0 amide bonds. The largest absolute Gasteiger partial charge is 0.433 e. The van der Waals surface area contributed by atoms with Crippen molar-refractivity contribution in [1.29, 1.82) is 0 Å². The highest BCUT2D eigenvalue weighted by Gasteiger charge is 2.07. The summed E-state index contributed by atoms with van der Waals surface area (Å²) >= 11 is 0. The minimum Gasteiger partial charge on any atom is -0.433 e. The number of hydrogen-bond donors (Lipinski definition) is 0. The Morgan fingerprint density at radius 1 is 1.05 bits per heavy atom. The molecule has 0 aliphatic heterocycles. The van der Waals surface area contributed by atoms with E-state index in [2.05, 4.69) is 27.4 Å². The third-order valence-corrected chi connectivity index (χ3v) is 1.73. The number of rotatable bonds is 6. The van der Waals surface area contributed by atoms with Gasteiger partial charge in [-0.05, 0) is 20.8 Å². The molecular formula is C13H22O6. The highest BCUT2D eigenvalue weighted by Crippen LogP contribution is 1.97. The van der Waals surface area contributed by atoms with Gasteiger partial charge in [0.25, 0.3) is 0 Å². The molecular weight excluding hydrogens is 252 g/mol. The fourth-order valence-corrected chi connectivity index (χ4v) is 0.559. The maximum atomic E-state index is 10.7. The van der Waals surface area contributed by atoms with E-state index in [1.165, 1.54) is 14.2 Å². The maximum Gasteiger partial charge on any atom is 0.335 e. The van der Waals surface area contributed by atoms with Crippen LogP contribution in [0, 0.1) is 0 Å². The van der Waals surface area contributed by atoms with Gasteiger partial charge in [0, 0.05) is 25.9 Å². The molecule has 0 aromatic carbocycles. The lowest BCUT2D eigenvalue weighted by Crippen LogP contribution is -2.16. The van der Waals surface area contributed by atoms with Crippen LogP contribution in [0.2, 0.25) is 0 Å². The van der Waals surface area contributed by atoms with Gasteiger partial charge in [-0.2, -0.15) is 0 Å². The van der Waals surface area contributed by atoms with Gasteiger partial charge in [-0.1, -0.05) is 13.2 Å². The summed E-state index contributed by atoms with van der Waals surface area (Å²) in [4.78, 5) is 21.1. The average molecular weight is 274 g/mol. The molecule has 0 aromatic heterocycles. The summed E-state index contributed by atoms with van der Waals surface area (Å²) in [5, 5.41) is 0. The van der Waals surface area contributed by atoms with Crippen molar-refractivity contribution in [3.8, 4) is 0 Å². The zero-order chi connectivity index (χ0) is 15.4. The van der Waals surface area contributed by atoms with Crippen LogP contribution in [0.5, 0.6) is 0 Å². The first kappa shape index (κ1) is 19.7. The minimum absolute atomic E-state index is 0.379. The van der Waals surface area contributed by atoms with E-state index in [1.807, 2.05) is 0 Å². The molecule has 6 heteroatoms. The SMILES string of the molecule is C=C(C)C(=O)OC(C)OC.C=CC(=O)OC(C)OC. The second kappa shape index (κ2) is 11.4. The van der Waals surface area contributed by atoms with E-state index in [-0.39, 0.29) is 0 Å². The Morgan fingerprint density at radius 3 is 1.79 bits per heavy atom. The van der Waals surface area contributed by atoms with Crippen LogP contribution in [0.25, 0.3) is 0 Å². The molecule has 2 atom stereocenters. The first-order chi connectivity index (χ1) is 8.78. The Balaban J connectivity index is 0. The predicted molar refractivity (Wildman–Crippen MR) is 70.1 cm³/mol. The predicted octanol–water partition coefficient (Wildman–Crippen LogP) is 1.81. The molecule has 0 spiro atoms. The summed E-state index contributed by atoms with van der Waals surface area (Å²) in [6, 6.07) is 0. The molecule has 0 N–H and O–H groups in total. The molecule has 0 aliphatic carbocycles. The van der Waals surface area contributed by atoms with E-state index in [4.69, 9.17) is 4.74 Å². The third kappa shape index (κ3) is 12.6. The fraction of sp³-hybridized carbons (Fsp3) is 0.538. The second-order valence-corrected chi connectivity index (χ2v) is 3.43. The first-order valence-electron chi connectivity index (χ1n) is 5.53. The van der Waals surface area contributed by atoms with Gasteiger partial charge >= 0.3 is 11.9 Å². The zero-order valence-corrected chi connectivity index (χ0v) is 12.1. The lowest BCUT2D eigenvalue weighted by Gasteiger charge is -2.09. The molecule has 0 aliphatic rings. The Bertz CT molecular complexity index is 310. The maximum absolute atomic E-state index is 10.7. The normalized spacial score (nSPS) is 12.3. The van der Waals surface area contributed by atoms with Crippen LogP contribution < -0.4 is 0 Å². The van der Waals surface area contributed by atoms with Crippen LogP contribution in [-0.2, 0) is 28.5 Å². The van der Waals surface area contributed by atoms with Crippen molar-refractivity contribution >= 4 is 11.9 Å². The molecule has 2 unspecified atom stereocenters. The highest BCUT2D eigenvalue weighted by atomic mass is 16.7. The number of carbonyl (C=O) groups excluding carboxylic acids is 2. The number of esters is 2. The van der Waals surface area contributed by atoms with Gasteiger partial charge in [0.1, 0.15) is 0 Å². The molecule has 0 saturated carbocycles. The molecule has 0 fully saturated rings. The van der Waals surface area contributed by atoms with Crippen molar-refractivity contribution in [2.45, 2.75) is 33.4 Å². The van der Waals surface area contributed by atoms with Crippen molar-refractivity contribution < 1.29 is 28.5 Å². The fourth-order valence-electron chi connectivity index (χ4n) is 0.559. The van der Waals surface area contributed by atoms with Gasteiger partial charge < -0.3 is 18.9 Å². The molecule has 0 radical (unpaired) electrons. The van der Waals surface area contributed by atoms with E-state index in [0.717, 1.165) is 6.08 Å². The molecule has 110 valence electrons. The Morgan fingerprint density at radius 2 is 1.47 bits per heavy atom. The monoisotopic (exact) mass is 274 g/mol. The molecule has 0 aromatic rings. The second-order valence-electron chi connectivity index (χ2n) is 3.43. The van der Waals surface area contributed by atoms with E-state index in [1.54, 1.807) is 20.8 Å². The zero-order valence-electron chi connectivity index (χ0n) is 12.1. The van der Waals surface area contributed by atoms with Crippen molar-refractivity contribution in [3.05, 3.63) is 24.8 Å². The third-order valence-electron chi connectivity index (χ3n) is 1.73. The Kier molecular flexibility index (Phi) is 11.8. The minimum atomic E-state index is -0.496.